The third kappa shape index (κ3) is 3.58. The molecule has 2 N–H and O–H groups in total. The van der Waals surface area contributed by atoms with Gasteiger partial charge in [-0.15, -0.1) is 16.4 Å². The molecular formula is C14H22N4OS. The molecule has 0 aliphatic heterocycles. The van der Waals surface area contributed by atoms with Crippen LogP contribution in [0.1, 0.15) is 50.5 Å². The van der Waals surface area contributed by atoms with E-state index < -0.39 is 0 Å². The minimum atomic E-state index is 0.0716. The lowest BCUT2D eigenvalue weighted by molar-refractivity contribution is 0.421. The minimum Gasteiger partial charge on any atom is -0.406 e. The molecule has 0 aliphatic carbocycles. The van der Waals surface area contributed by atoms with Crippen LogP contribution in [-0.4, -0.2) is 16.7 Å². The van der Waals surface area contributed by atoms with Crippen molar-refractivity contribution in [1.82, 2.24) is 15.5 Å². The summed E-state index contributed by atoms with van der Waals surface area (Å²) in [5.74, 6) is 1.05. The van der Waals surface area contributed by atoms with E-state index >= 15 is 0 Å². The first-order valence-corrected chi connectivity index (χ1v) is 7.86. The molecule has 0 saturated carbocycles. The van der Waals surface area contributed by atoms with E-state index in [1.165, 1.54) is 4.88 Å². The molecule has 2 atom stereocenters. The maximum Gasteiger partial charge on any atom is 0.316 e. The van der Waals surface area contributed by atoms with Crippen molar-refractivity contribution in [3.05, 3.63) is 28.3 Å². The summed E-state index contributed by atoms with van der Waals surface area (Å²) in [6, 6.07) is 4.93. The van der Waals surface area contributed by atoms with Crippen LogP contribution in [0.15, 0.2) is 21.9 Å². The summed E-state index contributed by atoms with van der Waals surface area (Å²) in [5, 5.41) is 16.9. The molecule has 0 aliphatic rings. The Labute approximate surface area is 123 Å². The van der Waals surface area contributed by atoms with Crippen molar-refractivity contribution in [3.8, 4) is 0 Å². The van der Waals surface area contributed by atoms with E-state index in [1.54, 1.807) is 11.3 Å². The van der Waals surface area contributed by atoms with Gasteiger partial charge in [-0.1, -0.05) is 31.9 Å². The third-order valence-corrected chi connectivity index (χ3v) is 4.07. The van der Waals surface area contributed by atoms with Crippen molar-refractivity contribution in [1.29, 1.82) is 0 Å². The number of aromatic nitrogens is 2. The number of rotatable bonds is 7. The summed E-state index contributed by atoms with van der Waals surface area (Å²) >= 11 is 1.74. The van der Waals surface area contributed by atoms with Gasteiger partial charge in [0.2, 0.25) is 5.89 Å². The Bertz CT molecular complexity index is 509. The van der Waals surface area contributed by atoms with Crippen molar-refractivity contribution in [3.63, 3.8) is 0 Å². The van der Waals surface area contributed by atoms with E-state index in [2.05, 4.69) is 59.1 Å². The van der Waals surface area contributed by atoms with Gasteiger partial charge in [-0.25, -0.2) is 0 Å². The molecule has 0 aromatic carbocycles. The number of anilines is 1. The zero-order valence-electron chi connectivity index (χ0n) is 12.4. The lowest BCUT2D eigenvalue weighted by Crippen LogP contribution is -2.18. The van der Waals surface area contributed by atoms with Gasteiger partial charge in [0, 0.05) is 4.88 Å². The van der Waals surface area contributed by atoms with E-state index in [9.17, 15) is 0 Å². The van der Waals surface area contributed by atoms with E-state index in [1.807, 2.05) is 6.92 Å². The molecule has 2 aromatic rings. The van der Waals surface area contributed by atoms with Gasteiger partial charge in [-0.05, 0) is 30.8 Å². The molecule has 0 fully saturated rings. The maximum absolute atomic E-state index is 5.69. The molecule has 110 valence electrons. The Balaban J connectivity index is 2.08. The Morgan fingerprint density at radius 3 is 2.70 bits per heavy atom. The molecule has 2 aromatic heterocycles. The van der Waals surface area contributed by atoms with Gasteiger partial charge in [0.25, 0.3) is 0 Å². The SMILES string of the molecule is CCNC(C)c1nnc(NC(c2cccs2)C(C)C)o1. The predicted molar refractivity (Wildman–Crippen MR) is 81.9 cm³/mol. The molecule has 0 radical (unpaired) electrons. The Morgan fingerprint density at radius 2 is 2.10 bits per heavy atom. The number of hydrogen-bond donors (Lipinski definition) is 2. The lowest BCUT2D eigenvalue weighted by atomic mass is 10.0. The van der Waals surface area contributed by atoms with Crippen molar-refractivity contribution in [2.45, 2.75) is 39.8 Å². The topological polar surface area (TPSA) is 63.0 Å². The second kappa shape index (κ2) is 6.85. The van der Waals surface area contributed by atoms with Gasteiger partial charge in [0.1, 0.15) is 0 Å². The molecule has 2 rings (SSSR count). The normalized spacial score (nSPS) is 14.4. The zero-order chi connectivity index (χ0) is 14.5. The molecule has 0 saturated heterocycles. The van der Waals surface area contributed by atoms with Gasteiger partial charge in [-0.3, -0.25) is 0 Å². The fourth-order valence-corrected chi connectivity index (χ4v) is 2.98. The van der Waals surface area contributed by atoms with Gasteiger partial charge >= 0.3 is 6.01 Å². The van der Waals surface area contributed by atoms with Crippen molar-refractivity contribution >= 4 is 17.4 Å². The highest BCUT2D eigenvalue weighted by Crippen LogP contribution is 2.29. The number of thiophene rings is 1. The number of hydrogen-bond acceptors (Lipinski definition) is 6. The van der Waals surface area contributed by atoms with Gasteiger partial charge in [0.05, 0.1) is 12.1 Å². The zero-order valence-corrected chi connectivity index (χ0v) is 13.2. The first-order valence-electron chi connectivity index (χ1n) is 6.98. The highest BCUT2D eigenvalue weighted by atomic mass is 32.1. The summed E-state index contributed by atoms with van der Waals surface area (Å²) in [4.78, 5) is 1.28. The van der Waals surface area contributed by atoms with Gasteiger partial charge in [-0.2, -0.15) is 0 Å². The monoisotopic (exact) mass is 294 g/mol. The molecule has 0 bridgehead atoms. The minimum absolute atomic E-state index is 0.0716. The predicted octanol–water partition coefficient (Wildman–Crippen LogP) is 3.61. The molecule has 0 spiro atoms. The van der Waals surface area contributed by atoms with Crippen LogP contribution in [0.2, 0.25) is 0 Å². The van der Waals surface area contributed by atoms with E-state index in [0.717, 1.165) is 6.54 Å². The molecule has 2 heterocycles. The van der Waals surface area contributed by atoms with Crippen LogP contribution >= 0.6 is 11.3 Å². The van der Waals surface area contributed by atoms with Gasteiger partial charge in [0.15, 0.2) is 0 Å². The number of nitrogens with zero attached hydrogens (tertiary/aromatic N) is 2. The summed E-state index contributed by atoms with van der Waals surface area (Å²) in [6.07, 6.45) is 0. The second-order valence-electron chi connectivity index (χ2n) is 5.11. The van der Waals surface area contributed by atoms with Crippen LogP contribution in [-0.2, 0) is 0 Å². The fraction of sp³-hybridized carbons (Fsp3) is 0.571. The van der Waals surface area contributed by atoms with Crippen LogP contribution in [0.3, 0.4) is 0 Å². The van der Waals surface area contributed by atoms with Crippen LogP contribution in [0.25, 0.3) is 0 Å². The molecule has 6 heteroatoms. The number of nitrogens with one attached hydrogen (secondary N) is 2. The van der Waals surface area contributed by atoms with Crippen molar-refractivity contribution in [2.24, 2.45) is 5.92 Å². The third-order valence-electron chi connectivity index (χ3n) is 3.12. The summed E-state index contributed by atoms with van der Waals surface area (Å²) in [5.41, 5.74) is 0. The first-order chi connectivity index (χ1) is 9.61. The Hall–Kier alpha value is -1.40. The first kappa shape index (κ1) is 15.0. The molecule has 20 heavy (non-hydrogen) atoms. The van der Waals surface area contributed by atoms with Crippen LogP contribution in [0, 0.1) is 5.92 Å². The van der Waals surface area contributed by atoms with Crippen LogP contribution < -0.4 is 10.6 Å². The standard InChI is InChI=1S/C14H22N4OS/c1-5-15-10(4)13-17-18-14(19-13)16-12(9(2)3)11-7-6-8-20-11/h6-10,12,15H,5H2,1-4H3,(H,16,18). The Kier molecular flexibility index (Phi) is 5.14. The molecule has 0 amide bonds. The van der Waals surface area contributed by atoms with Crippen LogP contribution in [0.4, 0.5) is 6.01 Å². The van der Waals surface area contributed by atoms with E-state index in [4.69, 9.17) is 4.42 Å². The fourth-order valence-electron chi connectivity index (χ4n) is 2.03. The van der Waals surface area contributed by atoms with E-state index in [0.29, 0.717) is 17.8 Å². The van der Waals surface area contributed by atoms with E-state index in [-0.39, 0.29) is 12.1 Å². The average Bonchev–Trinajstić information content (AvgIpc) is 3.07. The smallest absolute Gasteiger partial charge is 0.316 e. The highest BCUT2D eigenvalue weighted by Gasteiger charge is 2.20. The average molecular weight is 294 g/mol. The lowest BCUT2D eigenvalue weighted by Gasteiger charge is -2.19. The summed E-state index contributed by atoms with van der Waals surface area (Å²) in [7, 11) is 0. The van der Waals surface area contributed by atoms with Gasteiger partial charge < -0.3 is 15.1 Å². The molecule has 2 unspecified atom stereocenters. The molecular weight excluding hydrogens is 272 g/mol. The molecule has 5 nitrogen and oxygen atoms in total. The van der Waals surface area contributed by atoms with Crippen molar-refractivity contribution in [2.75, 3.05) is 11.9 Å². The maximum atomic E-state index is 5.69. The second-order valence-corrected chi connectivity index (χ2v) is 6.09. The Morgan fingerprint density at radius 1 is 1.30 bits per heavy atom. The summed E-state index contributed by atoms with van der Waals surface area (Å²) in [6.45, 7) is 9.29. The summed E-state index contributed by atoms with van der Waals surface area (Å²) < 4.78 is 5.69. The highest BCUT2D eigenvalue weighted by molar-refractivity contribution is 7.10. The van der Waals surface area contributed by atoms with Crippen molar-refractivity contribution < 1.29 is 4.42 Å². The van der Waals surface area contributed by atoms with Crippen LogP contribution in [0.5, 0.6) is 0 Å². The quantitative estimate of drug-likeness (QED) is 0.816. The largest absolute Gasteiger partial charge is 0.406 e.